The van der Waals surface area contributed by atoms with Crippen LogP contribution in [0.4, 0.5) is 21.7 Å². The molecule has 2 aliphatic rings. The molecule has 1 saturated heterocycles. The zero-order valence-electron chi connectivity index (χ0n) is 22.0. The summed E-state index contributed by atoms with van der Waals surface area (Å²) in [7, 11) is 0. The van der Waals surface area contributed by atoms with Crippen LogP contribution in [-0.2, 0) is 0 Å². The highest BCUT2D eigenvalue weighted by molar-refractivity contribution is 6.01. The number of ether oxygens (including phenoxy) is 1. The van der Waals surface area contributed by atoms with Crippen LogP contribution in [0.3, 0.4) is 0 Å². The summed E-state index contributed by atoms with van der Waals surface area (Å²) in [5, 5.41) is 6.50. The summed E-state index contributed by atoms with van der Waals surface area (Å²) in [6, 6.07) is 8.92. The number of fused-ring (bicyclic) bond motifs is 1. The maximum Gasteiger partial charge on any atom is 0.260 e. The lowest BCUT2D eigenvalue weighted by Gasteiger charge is -2.35. The number of carbonyl (C=O) groups excluding carboxylic acids is 1. The second kappa shape index (κ2) is 10.5. The predicted octanol–water partition coefficient (Wildman–Crippen LogP) is 4.37. The van der Waals surface area contributed by atoms with Crippen LogP contribution in [0.25, 0.3) is 10.9 Å². The summed E-state index contributed by atoms with van der Waals surface area (Å²) < 4.78 is 21.2. The van der Waals surface area contributed by atoms with Crippen molar-refractivity contribution in [1.29, 1.82) is 0 Å². The predicted molar refractivity (Wildman–Crippen MR) is 147 cm³/mol. The van der Waals surface area contributed by atoms with Crippen molar-refractivity contribution in [1.82, 2.24) is 30.2 Å². The van der Waals surface area contributed by atoms with Gasteiger partial charge in [0.05, 0.1) is 11.9 Å². The van der Waals surface area contributed by atoms with Crippen LogP contribution in [0.2, 0.25) is 0 Å². The van der Waals surface area contributed by atoms with E-state index in [2.05, 4.69) is 47.3 Å². The number of benzene rings is 1. The zero-order chi connectivity index (χ0) is 26.9. The highest BCUT2D eigenvalue weighted by Gasteiger charge is 2.29. The Morgan fingerprint density at radius 2 is 1.95 bits per heavy atom. The maximum absolute atomic E-state index is 15.3. The van der Waals surface area contributed by atoms with Gasteiger partial charge in [0.15, 0.2) is 17.4 Å². The molecule has 0 spiro atoms. The van der Waals surface area contributed by atoms with Crippen molar-refractivity contribution in [2.75, 3.05) is 42.9 Å². The van der Waals surface area contributed by atoms with E-state index in [4.69, 9.17) is 4.74 Å². The summed E-state index contributed by atoms with van der Waals surface area (Å²) in [5.74, 6) is -0.241. The highest BCUT2D eigenvalue weighted by atomic mass is 19.1. The standard InChI is InChI=1S/C28H31FN8O2/c1-3-36-10-12-37(13-11-36)19-6-9-23(30-15-19)35-26-24(27(38)34-18-4-5-18)28(32-16-31-26)39-22-8-7-21-20(25(22)29)14-17(2)33-21/h6-9,14-16,18,33H,3-5,10-13H2,1-2H3,(H,34,38)(H,30,31,32,35). The Bertz CT molecular complexity index is 1490. The van der Waals surface area contributed by atoms with Crippen molar-refractivity contribution in [3.8, 4) is 11.6 Å². The normalized spacial score (nSPS) is 15.9. The molecule has 1 aliphatic heterocycles. The number of pyridine rings is 1. The fourth-order valence-corrected chi connectivity index (χ4v) is 4.79. The van der Waals surface area contributed by atoms with Gasteiger partial charge in [-0.2, -0.15) is 0 Å². The van der Waals surface area contributed by atoms with E-state index in [-0.39, 0.29) is 35.0 Å². The Morgan fingerprint density at radius 3 is 2.67 bits per heavy atom. The van der Waals surface area contributed by atoms with Gasteiger partial charge in [0.25, 0.3) is 5.91 Å². The Balaban J connectivity index is 1.27. The van der Waals surface area contributed by atoms with Crippen LogP contribution in [-0.4, -0.2) is 69.5 Å². The number of hydrogen-bond donors (Lipinski definition) is 3. The van der Waals surface area contributed by atoms with Gasteiger partial charge in [-0.1, -0.05) is 6.92 Å². The third-order valence-electron chi connectivity index (χ3n) is 7.17. The number of aromatic amines is 1. The Kier molecular flexibility index (Phi) is 6.74. The van der Waals surface area contributed by atoms with Gasteiger partial charge in [0.1, 0.15) is 17.7 Å². The highest BCUT2D eigenvalue weighted by Crippen LogP contribution is 2.34. The molecule has 0 radical (unpaired) electrons. The number of amides is 1. The van der Waals surface area contributed by atoms with Crippen LogP contribution in [0.15, 0.2) is 42.9 Å². The van der Waals surface area contributed by atoms with Gasteiger partial charge in [-0.05, 0) is 56.6 Å². The fraction of sp³-hybridized carbons (Fsp3) is 0.357. The van der Waals surface area contributed by atoms with Crippen molar-refractivity contribution in [3.63, 3.8) is 0 Å². The van der Waals surface area contributed by atoms with Gasteiger partial charge < -0.3 is 30.2 Å². The molecular formula is C28H31FN8O2. The van der Waals surface area contributed by atoms with E-state index in [0.29, 0.717) is 16.7 Å². The summed E-state index contributed by atoms with van der Waals surface area (Å²) >= 11 is 0. The number of rotatable bonds is 8. The average molecular weight is 531 g/mol. The smallest absolute Gasteiger partial charge is 0.260 e. The van der Waals surface area contributed by atoms with E-state index >= 15 is 4.39 Å². The van der Waals surface area contributed by atoms with E-state index < -0.39 is 5.82 Å². The topological polar surface area (TPSA) is 111 Å². The molecule has 4 aromatic rings. The summed E-state index contributed by atoms with van der Waals surface area (Å²) in [4.78, 5) is 34.2. The number of carbonyl (C=O) groups is 1. The summed E-state index contributed by atoms with van der Waals surface area (Å²) in [5.41, 5.74) is 2.63. The van der Waals surface area contributed by atoms with Gasteiger partial charge in [0, 0.05) is 48.8 Å². The van der Waals surface area contributed by atoms with E-state index in [0.717, 1.165) is 56.9 Å². The van der Waals surface area contributed by atoms with Crippen molar-refractivity contribution in [2.24, 2.45) is 0 Å². The van der Waals surface area contributed by atoms with Crippen LogP contribution in [0.5, 0.6) is 11.6 Å². The minimum Gasteiger partial charge on any atom is -0.435 e. The first-order valence-electron chi connectivity index (χ1n) is 13.3. The number of aromatic nitrogens is 4. The second-order valence-electron chi connectivity index (χ2n) is 9.99. The minimum absolute atomic E-state index is 0.0303. The van der Waals surface area contributed by atoms with Crippen LogP contribution >= 0.6 is 0 Å². The average Bonchev–Trinajstić information content (AvgIpc) is 3.68. The first-order chi connectivity index (χ1) is 19.0. The van der Waals surface area contributed by atoms with Crippen molar-refractivity contribution >= 4 is 34.1 Å². The SMILES string of the molecule is CCN1CCN(c2ccc(Nc3ncnc(Oc4ccc5[nH]c(C)cc5c4F)c3C(=O)NC3CC3)nc2)CC1. The molecule has 202 valence electrons. The number of H-pyrrole nitrogens is 1. The fourth-order valence-electron chi connectivity index (χ4n) is 4.79. The molecule has 10 nitrogen and oxygen atoms in total. The van der Waals surface area contributed by atoms with Crippen LogP contribution in [0, 0.1) is 12.7 Å². The lowest BCUT2D eigenvalue weighted by Crippen LogP contribution is -2.46. The monoisotopic (exact) mass is 530 g/mol. The van der Waals surface area contributed by atoms with Gasteiger partial charge in [-0.15, -0.1) is 0 Å². The van der Waals surface area contributed by atoms with Crippen LogP contribution < -0.4 is 20.3 Å². The first-order valence-corrected chi connectivity index (χ1v) is 13.3. The summed E-state index contributed by atoms with van der Waals surface area (Å²) in [6.45, 7) is 9.04. The van der Waals surface area contributed by atoms with Gasteiger partial charge in [0.2, 0.25) is 5.88 Å². The largest absolute Gasteiger partial charge is 0.435 e. The molecule has 39 heavy (non-hydrogen) atoms. The Labute approximate surface area is 225 Å². The molecule has 0 atom stereocenters. The number of anilines is 3. The molecule has 0 unspecified atom stereocenters. The first kappa shape index (κ1) is 25.1. The maximum atomic E-state index is 15.3. The molecule has 3 aromatic heterocycles. The van der Waals surface area contributed by atoms with E-state index in [9.17, 15) is 4.79 Å². The number of likely N-dealkylation sites (N-methyl/N-ethyl adjacent to an activating group) is 1. The molecule has 1 amide bonds. The van der Waals surface area contributed by atoms with Gasteiger partial charge in [-0.25, -0.2) is 19.3 Å². The molecule has 2 fully saturated rings. The molecule has 1 saturated carbocycles. The molecule has 4 heterocycles. The molecule has 11 heteroatoms. The molecule has 3 N–H and O–H groups in total. The number of hydrogen-bond acceptors (Lipinski definition) is 8. The number of piperazine rings is 1. The molecule has 0 bridgehead atoms. The lowest BCUT2D eigenvalue weighted by molar-refractivity contribution is 0.0948. The van der Waals surface area contributed by atoms with Gasteiger partial charge >= 0.3 is 0 Å². The van der Waals surface area contributed by atoms with Crippen molar-refractivity contribution in [2.45, 2.75) is 32.7 Å². The summed E-state index contributed by atoms with van der Waals surface area (Å²) in [6.07, 6.45) is 4.91. The van der Waals surface area contributed by atoms with E-state index in [1.54, 1.807) is 12.1 Å². The van der Waals surface area contributed by atoms with Crippen molar-refractivity contribution in [3.05, 3.63) is 59.9 Å². The third kappa shape index (κ3) is 5.35. The Hall–Kier alpha value is -4.25. The quantitative estimate of drug-likeness (QED) is 0.308. The molecule has 1 aromatic carbocycles. The number of nitrogens with zero attached hydrogens (tertiary/aromatic N) is 5. The second-order valence-corrected chi connectivity index (χ2v) is 9.99. The number of aryl methyl sites for hydroxylation is 1. The molecular weight excluding hydrogens is 499 g/mol. The molecule has 6 rings (SSSR count). The Morgan fingerprint density at radius 1 is 1.13 bits per heavy atom. The van der Waals surface area contributed by atoms with Gasteiger partial charge in [-0.3, -0.25) is 4.79 Å². The molecule has 1 aliphatic carbocycles. The number of halogens is 1. The minimum atomic E-state index is -0.532. The van der Waals surface area contributed by atoms with Crippen molar-refractivity contribution < 1.29 is 13.9 Å². The van der Waals surface area contributed by atoms with Crippen LogP contribution in [0.1, 0.15) is 35.8 Å². The van der Waals surface area contributed by atoms with E-state index in [1.807, 2.05) is 25.3 Å². The lowest BCUT2D eigenvalue weighted by atomic mass is 10.2. The third-order valence-corrected chi connectivity index (χ3v) is 7.17. The number of nitrogens with one attached hydrogen (secondary N) is 3. The van der Waals surface area contributed by atoms with E-state index in [1.165, 1.54) is 12.4 Å². The zero-order valence-corrected chi connectivity index (χ0v) is 22.0.